The average Bonchev–Trinajstić information content (AvgIpc) is 2.97. The van der Waals surface area contributed by atoms with Crippen LogP contribution in [0.1, 0.15) is 6.42 Å². The van der Waals surface area contributed by atoms with Gasteiger partial charge in [0.25, 0.3) is 0 Å². The molecule has 0 aromatic carbocycles. The number of nitrogens with two attached hydrogens (primary N) is 1. The standard InChI is InChI=1S/C10H15N3O5/c1-12-9(18)13-3-2-10(11,8(16)17)6-4(3)5(6)7(14)15/h3-6H,2,11H2,1H3,(H,14,15)(H,16,17)(H2,12,13,18)/t3-,4+,5+,6-,10+/m0/s1. The second-order valence-electron chi connectivity index (χ2n) is 4.85. The zero-order valence-electron chi connectivity index (χ0n) is 9.71. The van der Waals surface area contributed by atoms with E-state index >= 15 is 0 Å². The first-order valence-electron chi connectivity index (χ1n) is 5.56. The van der Waals surface area contributed by atoms with Gasteiger partial charge in [0.1, 0.15) is 5.54 Å². The van der Waals surface area contributed by atoms with Crippen LogP contribution >= 0.6 is 0 Å². The number of hydrogen-bond acceptors (Lipinski definition) is 4. The molecule has 5 atom stereocenters. The van der Waals surface area contributed by atoms with Gasteiger partial charge in [-0.05, 0) is 12.3 Å². The molecule has 0 spiro atoms. The van der Waals surface area contributed by atoms with Crippen molar-refractivity contribution in [2.45, 2.75) is 18.0 Å². The van der Waals surface area contributed by atoms with Crippen molar-refractivity contribution >= 4 is 18.0 Å². The highest BCUT2D eigenvalue weighted by Crippen LogP contribution is 2.61. The Balaban J connectivity index is 2.19. The first-order valence-corrected chi connectivity index (χ1v) is 5.56. The molecule has 2 aliphatic carbocycles. The number of carboxylic acids is 2. The number of carbonyl (C=O) groups is 3. The van der Waals surface area contributed by atoms with Crippen molar-refractivity contribution in [2.24, 2.45) is 23.5 Å². The highest BCUT2D eigenvalue weighted by Gasteiger charge is 2.74. The smallest absolute Gasteiger partial charge is 0.324 e. The molecule has 0 aliphatic heterocycles. The Morgan fingerprint density at radius 3 is 2.39 bits per heavy atom. The summed E-state index contributed by atoms with van der Waals surface area (Å²) in [7, 11) is 1.43. The third-order valence-electron chi connectivity index (χ3n) is 3.92. The van der Waals surface area contributed by atoms with Crippen LogP contribution in [0, 0.1) is 17.8 Å². The minimum Gasteiger partial charge on any atom is -0.481 e. The Kier molecular flexibility index (Phi) is 2.69. The van der Waals surface area contributed by atoms with Crippen LogP contribution in [-0.2, 0) is 9.59 Å². The number of rotatable bonds is 3. The van der Waals surface area contributed by atoms with E-state index in [-0.39, 0.29) is 6.42 Å². The second-order valence-corrected chi connectivity index (χ2v) is 4.85. The summed E-state index contributed by atoms with van der Waals surface area (Å²) in [6.45, 7) is 0. The number of amides is 2. The summed E-state index contributed by atoms with van der Waals surface area (Å²) >= 11 is 0. The molecular formula is C10H15N3O5. The summed E-state index contributed by atoms with van der Waals surface area (Å²) in [6.07, 6.45) is 0.0505. The molecule has 8 heteroatoms. The monoisotopic (exact) mass is 257 g/mol. The molecule has 2 aliphatic rings. The number of hydrogen-bond donors (Lipinski definition) is 5. The lowest BCUT2D eigenvalue weighted by Crippen LogP contribution is -2.53. The third-order valence-corrected chi connectivity index (χ3v) is 3.92. The maximum absolute atomic E-state index is 11.2. The highest BCUT2D eigenvalue weighted by atomic mass is 16.4. The Labute approximate surface area is 103 Å². The summed E-state index contributed by atoms with van der Waals surface area (Å²) in [4.78, 5) is 33.4. The van der Waals surface area contributed by atoms with Gasteiger partial charge in [-0.15, -0.1) is 0 Å². The van der Waals surface area contributed by atoms with E-state index in [0.717, 1.165) is 0 Å². The van der Waals surface area contributed by atoms with E-state index in [2.05, 4.69) is 10.6 Å². The summed E-state index contributed by atoms with van der Waals surface area (Å²) < 4.78 is 0. The minimum absolute atomic E-state index is 0.0505. The molecule has 2 rings (SSSR count). The molecule has 100 valence electrons. The largest absolute Gasteiger partial charge is 0.481 e. The fourth-order valence-electron chi connectivity index (χ4n) is 3.07. The quantitative estimate of drug-likeness (QED) is 0.413. The molecule has 2 saturated carbocycles. The summed E-state index contributed by atoms with van der Waals surface area (Å²) in [5, 5.41) is 23.0. The molecule has 0 saturated heterocycles. The first-order chi connectivity index (χ1) is 8.32. The van der Waals surface area contributed by atoms with Crippen LogP contribution < -0.4 is 16.4 Å². The molecule has 0 radical (unpaired) electrons. The van der Waals surface area contributed by atoms with Crippen LogP contribution in [0.5, 0.6) is 0 Å². The predicted molar refractivity (Wildman–Crippen MR) is 58.7 cm³/mol. The van der Waals surface area contributed by atoms with Crippen LogP contribution in [0.4, 0.5) is 4.79 Å². The number of urea groups is 1. The zero-order valence-corrected chi connectivity index (χ0v) is 9.71. The minimum atomic E-state index is -1.57. The van der Waals surface area contributed by atoms with E-state index in [1.54, 1.807) is 0 Å². The van der Waals surface area contributed by atoms with Gasteiger partial charge in [-0.2, -0.15) is 0 Å². The van der Waals surface area contributed by atoms with Gasteiger partial charge < -0.3 is 26.6 Å². The molecule has 0 aromatic rings. The van der Waals surface area contributed by atoms with Gasteiger partial charge in [0.05, 0.1) is 5.92 Å². The fourth-order valence-corrected chi connectivity index (χ4v) is 3.07. The van der Waals surface area contributed by atoms with E-state index in [9.17, 15) is 14.4 Å². The van der Waals surface area contributed by atoms with Gasteiger partial charge in [-0.25, -0.2) is 4.79 Å². The SMILES string of the molecule is CNC(=O)N[C@H]1C[C@](N)(C(=O)O)[C@@H]2[C@H](C(=O)O)[C@H]21. The van der Waals surface area contributed by atoms with Gasteiger partial charge in [0.15, 0.2) is 0 Å². The van der Waals surface area contributed by atoms with Crippen LogP contribution in [0.15, 0.2) is 0 Å². The van der Waals surface area contributed by atoms with Crippen molar-refractivity contribution in [3.05, 3.63) is 0 Å². The highest BCUT2D eigenvalue weighted by molar-refractivity contribution is 5.86. The molecule has 18 heavy (non-hydrogen) atoms. The zero-order chi connectivity index (χ0) is 13.7. The fraction of sp³-hybridized carbons (Fsp3) is 0.700. The van der Waals surface area contributed by atoms with Crippen molar-refractivity contribution < 1.29 is 24.6 Å². The molecule has 8 nitrogen and oxygen atoms in total. The second kappa shape index (κ2) is 3.84. The molecule has 0 unspecified atom stereocenters. The van der Waals surface area contributed by atoms with Crippen LogP contribution in [0.25, 0.3) is 0 Å². The lowest BCUT2D eigenvalue weighted by atomic mass is 9.90. The predicted octanol–water partition coefficient (Wildman–Crippen LogP) is -1.58. The van der Waals surface area contributed by atoms with Crippen molar-refractivity contribution in [2.75, 3.05) is 7.05 Å². The van der Waals surface area contributed by atoms with Crippen molar-refractivity contribution in [1.82, 2.24) is 10.6 Å². The summed E-state index contributed by atoms with van der Waals surface area (Å²) in [5.74, 6) is -4.09. The molecule has 2 fully saturated rings. The Bertz CT molecular complexity index is 426. The summed E-state index contributed by atoms with van der Waals surface area (Å²) in [6, 6.07) is -0.985. The average molecular weight is 257 g/mol. The van der Waals surface area contributed by atoms with Gasteiger partial charge >= 0.3 is 18.0 Å². The molecule has 0 bridgehead atoms. The van der Waals surface area contributed by atoms with E-state index in [1.165, 1.54) is 7.05 Å². The Hall–Kier alpha value is -1.83. The Morgan fingerprint density at radius 2 is 1.94 bits per heavy atom. The van der Waals surface area contributed by atoms with Crippen molar-refractivity contribution in [1.29, 1.82) is 0 Å². The van der Waals surface area contributed by atoms with Crippen LogP contribution in [0.2, 0.25) is 0 Å². The molecule has 6 N–H and O–H groups in total. The van der Waals surface area contributed by atoms with E-state index in [4.69, 9.17) is 15.9 Å². The van der Waals surface area contributed by atoms with E-state index < -0.39 is 47.3 Å². The number of carboxylic acid groups (broad SMARTS) is 2. The molecular weight excluding hydrogens is 242 g/mol. The first kappa shape index (κ1) is 12.6. The van der Waals surface area contributed by atoms with E-state index in [0.29, 0.717) is 0 Å². The number of carbonyl (C=O) groups excluding carboxylic acids is 1. The van der Waals surface area contributed by atoms with Crippen LogP contribution in [0.3, 0.4) is 0 Å². The van der Waals surface area contributed by atoms with Crippen molar-refractivity contribution in [3.63, 3.8) is 0 Å². The van der Waals surface area contributed by atoms with Gasteiger partial charge in [-0.1, -0.05) is 0 Å². The Morgan fingerprint density at radius 1 is 1.33 bits per heavy atom. The third kappa shape index (κ3) is 1.60. The van der Waals surface area contributed by atoms with Gasteiger partial charge in [0, 0.05) is 19.0 Å². The normalized spacial score (nSPS) is 40.8. The number of aliphatic carboxylic acids is 2. The van der Waals surface area contributed by atoms with Gasteiger partial charge in [-0.3, -0.25) is 9.59 Å². The molecule has 0 heterocycles. The lowest BCUT2D eigenvalue weighted by molar-refractivity contribution is -0.145. The van der Waals surface area contributed by atoms with Crippen LogP contribution in [-0.4, -0.2) is 46.8 Å². The maximum Gasteiger partial charge on any atom is 0.324 e. The van der Waals surface area contributed by atoms with Gasteiger partial charge in [0.2, 0.25) is 0 Å². The molecule has 0 aromatic heterocycles. The lowest BCUT2D eigenvalue weighted by Gasteiger charge is -2.24. The van der Waals surface area contributed by atoms with Crippen molar-refractivity contribution in [3.8, 4) is 0 Å². The maximum atomic E-state index is 11.2. The molecule has 2 amide bonds. The van der Waals surface area contributed by atoms with E-state index in [1.807, 2.05) is 0 Å². The summed E-state index contributed by atoms with van der Waals surface area (Å²) in [5.41, 5.74) is 4.22. The number of fused-ring (bicyclic) bond motifs is 1. The number of nitrogens with one attached hydrogen (secondary N) is 2. The topological polar surface area (TPSA) is 142 Å².